The lowest BCUT2D eigenvalue weighted by atomic mass is 10.2. The van der Waals surface area contributed by atoms with Gasteiger partial charge in [0.15, 0.2) is 0 Å². The molecule has 2 aromatic rings. The Morgan fingerprint density at radius 2 is 1.79 bits per heavy atom. The molecule has 0 aliphatic carbocycles. The monoisotopic (exact) mass is 257 g/mol. The van der Waals surface area contributed by atoms with E-state index in [1.54, 1.807) is 24.3 Å². The number of carboxylic acid groups (broad SMARTS) is 1. The molecule has 5 nitrogen and oxygen atoms in total. The molecule has 0 saturated carbocycles. The maximum absolute atomic E-state index is 10.8. The van der Waals surface area contributed by atoms with E-state index in [1.807, 2.05) is 31.9 Å². The van der Waals surface area contributed by atoms with E-state index < -0.39 is 5.97 Å². The van der Waals surface area contributed by atoms with Crippen molar-refractivity contribution in [1.82, 2.24) is 9.97 Å². The zero-order valence-electron chi connectivity index (χ0n) is 11.1. The minimum atomic E-state index is -0.928. The molecule has 0 atom stereocenters. The minimum absolute atomic E-state index is 0.271. The summed E-state index contributed by atoms with van der Waals surface area (Å²) in [4.78, 5) is 21.3. The van der Waals surface area contributed by atoms with E-state index >= 15 is 0 Å². The largest absolute Gasteiger partial charge is 0.478 e. The summed E-state index contributed by atoms with van der Waals surface area (Å²) in [7, 11) is 1.89. The molecule has 2 rings (SSSR count). The molecular formula is C14H15N3O2. The van der Waals surface area contributed by atoms with Crippen molar-refractivity contribution in [3.8, 4) is 0 Å². The number of hydrogen-bond acceptors (Lipinski definition) is 4. The summed E-state index contributed by atoms with van der Waals surface area (Å²) < 4.78 is 0. The van der Waals surface area contributed by atoms with Crippen LogP contribution in [0, 0.1) is 13.8 Å². The smallest absolute Gasteiger partial charge is 0.335 e. The second kappa shape index (κ2) is 5.06. The van der Waals surface area contributed by atoms with Gasteiger partial charge in [-0.3, -0.25) is 0 Å². The van der Waals surface area contributed by atoms with Gasteiger partial charge in [-0.1, -0.05) is 0 Å². The number of rotatable bonds is 3. The zero-order valence-corrected chi connectivity index (χ0v) is 11.1. The molecule has 0 radical (unpaired) electrons. The summed E-state index contributed by atoms with van der Waals surface area (Å²) in [6.45, 7) is 3.76. The van der Waals surface area contributed by atoms with E-state index in [0.29, 0.717) is 5.82 Å². The number of aryl methyl sites for hydroxylation is 2. The third-order valence-corrected chi connectivity index (χ3v) is 2.80. The van der Waals surface area contributed by atoms with Crippen LogP contribution >= 0.6 is 0 Å². The fourth-order valence-corrected chi connectivity index (χ4v) is 1.83. The molecule has 5 heteroatoms. The summed E-state index contributed by atoms with van der Waals surface area (Å²) in [5.41, 5.74) is 2.05. The zero-order chi connectivity index (χ0) is 14.0. The second-order valence-corrected chi connectivity index (χ2v) is 4.33. The number of hydrogen-bond donors (Lipinski definition) is 1. The maximum Gasteiger partial charge on any atom is 0.335 e. The van der Waals surface area contributed by atoms with Gasteiger partial charge in [-0.15, -0.1) is 0 Å². The quantitative estimate of drug-likeness (QED) is 0.915. The summed E-state index contributed by atoms with van der Waals surface area (Å²) in [5, 5.41) is 8.87. The minimum Gasteiger partial charge on any atom is -0.478 e. The molecule has 1 aromatic heterocycles. The summed E-state index contributed by atoms with van der Waals surface area (Å²) in [6.07, 6.45) is 0. The second-order valence-electron chi connectivity index (χ2n) is 4.33. The molecule has 0 bridgehead atoms. The molecule has 98 valence electrons. The maximum atomic E-state index is 10.8. The molecule has 0 amide bonds. The Balaban J connectivity index is 2.32. The molecule has 0 spiro atoms. The Morgan fingerprint density at radius 1 is 1.16 bits per heavy atom. The van der Waals surface area contributed by atoms with Gasteiger partial charge in [0.05, 0.1) is 5.56 Å². The standard InChI is InChI=1S/C14H15N3O2/c1-9-8-13(16-10(2)15-9)17(3)12-6-4-11(5-7-12)14(18)19/h4-8H,1-3H3,(H,18,19). The molecule has 0 aliphatic heterocycles. The third-order valence-electron chi connectivity index (χ3n) is 2.80. The van der Waals surface area contributed by atoms with Crippen LogP contribution < -0.4 is 4.90 Å². The topological polar surface area (TPSA) is 66.3 Å². The predicted molar refractivity (Wildman–Crippen MR) is 73.0 cm³/mol. The fraction of sp³-hybridized carbons (Fsp3) is 0.214. The molecule has 0 saturated heterocycles. The van der Waals surface area contributed by atoms with Crippen LogP contribution in [-0.4, -0.2) is 28.1 Å². The number of carbonyl (C=O) groups is 1. The van der Waals surface area contributed by atoms with Gasteiger partial charge in [0, 0.05) is 24.5 Å². The Labute approximate surface area is 111 Å². The lowest BCUT2D eigenvalue weighted by Gasteiger charge is -2.19. The van der Waals surface area contributed by atoms with Crippen LogP contribution in [0.3, 0.4) is 0 Å². The average molecular weight is 257 g/mol. The molecule has 19 heavy (non-hydrogen) atoms. The van der Waals surface area contributed by atoms with Crippen LogP contribution in [-0.2, 0) is 0 Å². The van der Waals surface area contributed by atoms with Crippen molar-refractivity contribution in [3.05, 3.63) is 47.4 Å². The SMILES string of the molecule is Cc1cc(N(C)c2ccc(C(=O)O)cc2)nc(C)n1. The first-order chi connectivity index (χ1) is 8.97. The van der Waals surface area contributed by atoms with Crippen molar-refractivity contribution in [2.45, 2.75) is 13.8 Å². The highest BCUT2D eigenvalue weighted by atomic mass is 16.4. The number of aromatic carboxylic acids is 1. The lowest BCUT2D eigenvalue weighted by molar-refractivity contribution is 0.0697. The summed E-state index contributed by atoms with van der Waals surface area (Å²) in [6, 6.07) is 8.56. The third kappa shape index (κ3) is 2.88. The molecule has 0 aliphatic rings. The van der Waals surface area contributed by atoms with Crippen molar-refractivity contribution < 1.29 is 9.90 Å². The Hall–Kier alpha value is -2.43. The fourth-order valence-electron chi connectivity index (χ4n) is 1.83. The first-order valence-electron chi connectivity index (χ1n) is 5.87. The van der Waals surface area contributed by atoms with Crippen molar-refractivity contribution in [2.75, 3.05) is 11.9 Å². The van der Waals surface area contributed by atoms with Crippen LogP contribution in [0.15, 0.2) is 30.3 Å². The van der Waals surface area contributed by atoms with Crippen LogP contribution in [0.1, 0.15) is 21.9 Å². The van der Waals surface area contributed by atoms with Crippen LogP contribution in [0.4, 0.5) is 11.5 Å². The summed E-state index contributed by atoms with van der Waals surface area (Å²) in [5.74, 6) is 0.569. The van der Waals surface area contributed by atoms with Crippen molar-refractivity contribution >= 4 is 17.5 Å². The molecular weight excluding hydrogens is 242 g/mol. The van der Waals surface area contributed by atoms with E-state index in [2.05, 4.69) is 9.97 Å². The van der Waals surface area contributed by atoms with Gasteiger partial charge in [0.1, 0.15) is 11.6 Å². The number of carboxylic acids is 1. The van der Waals surface area contributed by atoms with E-state index in [-0.39, 0.29) is 5.56 Å². The first-order valence-corrected chi connectivity index (χ1v) is 5.87. The Bertz CT molecular complexity index is 588. The molecule has 1 N–H and O–H groups in total. The highest BCUT2D eigenvalue weighted by Gasteiger charge is 2.08. The van der Waals surface area contributed by atoms with Crippen LogP contribution in [0.25, 0.3) is 0 Å². The normalized spacial score (nSPS) is 10.3. The van der Waals surface area contributed by atoms with E-state index in [9.17, 15) is 4.79 Å². The van der Waals surface area contributed by atoms with Crippen molar-refractivity contribution in [2.24, 2.45) is 0 Å². The number of anilines is 2. The first kappa shape index (κ1) is 13.0. The average Bonchev–Trinajstić information content (AvgIpc) is 2.37. The summed E-state index contributed by atoms with van der Waals surface area (Å²) >= 11 is 0. The van der Waals surface area contributed by atoms with Gasteiger partial charge in [0.25, 0.3) is 0 Å². The predicted octanol–water partition coefficient (Wildman–Crippen LogP) is 2.56. The van der Waals surface area contributed by atoms with Gasteiger partial charge in [-0.2, -0.15) is 0 Å². The molecule has 1 aromatic carbocycles. The number of benzene rings is 1. The van der Waals surface area contributed by atoms with E-state index in [0.717, 1.165) is 17.2 Å². The highest BCUT2D eigenvalue weighted by molar-refractivity contribution is 5.88. The molecule has 0 fully saturated rings. The van der Waals surface area contributed by atoms with Gasteiger partial charge in [-0.05, 0) is 38.1 Å². The van der Waals surface area contributed by atoms with Crippen LogP contribution in [0.5, 0.6) is 0 Å². The highest BCUT2D eigenvalue weighted by Crippen LogP contribution is 2.22. The molecule has 1 heterocycles. The number of aromatic nitrogens is 2. The molecule has 0 unspecified atom stereocenters. The van der Waals surface area contributed by atoms with E-state index in [1.165, 1.54) is 0 Å². The van der Waals surface area contributed by atoms with Gasteiger partial charge in [-0.25, -0.2) is 14.8 Å². The van der Waals surface area contributed by atoms with Gasteiger partial charge in [0.2, 0.25) is 0 Å². The Kier molecular flexibility index (Phi) is 3.46. The van der Waals surface area contributed by atoms with Gasteiger partial charge >= 0.3 is 5.97 Å². The Morgan fingerprint density at radius 3 is 2.32 bits per heavy atom. The number of nitrogens with zero attached hydrogens (tertiary/aromatic N) is 3. The lowest BCUT2D eigenvalue weighted by Crippen LogP contribution is -2.13. The van der Waals surface area contributed by atoms with E-state index in [4.69, 9.17) is 5.11 Å². The van der Waals surface area contributed by atoms with Crippen molar-refractivity contribution in [1.29, 1.82) is 0 Å². The van der Waals surface area contributed by atoms with Crippen molar-refractivity contribution in [3.63, 3.8) is 0 Å². The van der Waals surface area contributed by atoms with Gasteiger partial charge < -0.3 is 10.0 Å². The van der Waals surface area contributed by atoms with Crippen LogP contribution in [0.2, 0.25) is 0 Å².